The second kappa shape index (κ2) is 8.23. The lowest BCUT2D eigenvalue weighted by atomic mass is 10.3. The SMILES string of the molecule is CCCCNC(=O)C(C)NCC(=O)NC. The summed E-state index contributed by atoms with van der Waals surface area (Å²) >= 11 is 0. The lowest BCUT2D eigenvalue weighted by molar-refractivity contribution is -0.123. The lowest BCUT2D eigenvalue weighted by Gasteiger charge is -2.13. The van der Waals surface area contributed by atoms with Crippen molar-refractivity contribution in [1.29, 1.82) is 0 Å². The maximum absolute atomic E-state index is 11.4. The molecule has 0 bridgehead atoms. The predicted molar refractivity (Wildman–Crippen MR) is 59.4 cm³/mol. The normalized spacial score (nSPS) is 11.9. The van der Waals surface area contributed by atoms with E-state index in [1.165, 1.54) is 0 Å². The van der Waals surface area contributed by atoms with Crippen molar-refractivity contribution < 1.29 is 9.59 Å². The Morgan fingerprint density at radius 3 is 2.53 bits per heavy atom. The van der Waals surface area contributed by atoms with Gasteiger partial charge in [-0.05, 0) is 13.3 Å². The highest BCUT2D eigenvalue weighted by Crippen LogP contribution is 1.85. The van der Waals surface area contributed by atoms with Crippen LogP contribution in [0.25, 0.3) is 0 Å². The van der Waals surface area contributed by atoms with Crippen LogP contribution in [0.4, 0.5) is 0 Å². The van der Waals surface area contributed by atoms with Crippen molar-refractivity contribution in [1.82, 2.24) is 16.0 Å². The summed E-state index contributed by atoms with van der Waals surface area (Å²) in [5.74, 6) is -0.185. The van der Waals surface area contributed by atoms with Crippen molar-refractivity contribution in [2.24, 2.45) is 0 Å². The monoisotopic (exact) mass is 215 g/mol. The van der Waals surface area contributed by atoms with Crippen molar-refractivity contribution in [2.45, 2.75) is 32.7 Å². The number of amides is 2. The van der Waals surface area contributed by atoms with E-state index in [1.54, 1.807) is 14.0 Å². The van der Waals surface area contributed by atoms with Gasteiger partial charge in [-0.1, -0.05) is 13.3 Å². The van der Waals surface area contributed by atoms with E-state index in [0.717, 1.165) is 12.8 Å². The maximum atomic E-state index is 11.4. The van der Waals surface area contributed by atoms with Crippen LogP contribution in [0.1, 0.15) is 26.7 Å². The number of unbranched alkanes of at least 4 members (excludes halogenated alkanes) is 1. The first kappa shape index (κ1) is 13.9. The molecule has 0 aromatic rings. The lowest BCUT2D eigenvalue weighted by Crippen LogP contribution is -2.45. The summed E-state index contributed by atoms with van der Waals surface area (Å²) in [6.07, 6.45) is 2.04. The van der Waals surface area contributed by atoms with Crippen molar-refractivity contribution in [3.8, 4) is 0 Å². The van der Waals surface area contributed by atoms with Crippen LogP contribution in [0.2, 0.25) is 0 Å². The average Bonchev–Trinajstić information content (AvgIpc) is 2.25. The molecule has 88 valence electrons. The maximum Gasteiger partial charge on any atom is 0.236 e. The van der Waals surface area contributed by atoms with Gasteiger partial charge in [0.2, 0.25) is 11.8 Å². The molecule has 0 saturated carbocycles. The van der Waals surface area contributed by atoms with Crippen LogP contribution in [-0.4, -0.2) is 38.0 Å². The van der Waals surface area contributed by atoms with Crippen LogP contribution < -0.4 is 16.0 Å². The molecule has 1 unspecified atom stereocenters. The molecule has 5 heteroatoms. The summed E-state index contributed by atoms with van der Waals surface area (Å²) in [5.41, 5.74) is 0. The second-order valence-corrected chi connectivity index (χ2v) is 3.42. The third kappa shape index (κ3) is 6.90. The van der Waals surface area contributed by atoms with E-state index in [-0.39, 0.29) is 24.4 Å². The zero-order valence-electron chi connectivity index (χ0n) is 9.72. The predicted octanol–water partition coefficient (Wildman–Crippen LogP) is -0.373. The fourth-order valence-corrected chi connectivity index (χ4v) is 0.968. The quantitative estimate of drug-likeness (QED) is 0.507. The van der Waals surface area contributed by atoms with Gasteiger partial charge in [-0.25, -0.2) is 0 Å². The van der Waals surface area contributed by atoms with E-state index in [4.69, 9.17) is 0 Å². The van der Waals surface area contributed by atoms with E-state index < -0.39 is 0 Å². The van der Waals surface area contributed by atoms with E-state index in [1.807, 2.05) is 0 Å². The second-order valence-electron chi connectivity index (χ2n) is 3.42. The Morgan fingerprint density at radius 2 is 2.00 bits per heavy atom. The fourth-order valence-electron chi connectivity index (χ4n) is 0.968. The molecule has 2 amide bonds. The fraction of sp³-hybridized carbons (Fsp3) is 0.800. The molecular formula is C10H21N3O2. The number of likely N-dealkylation sites (N-methyl/N-ethyl adjacent to an activating group) is 1. The summed E-state index contributed by atoms with van der Waals surface area (Å²) < 4.78 is 0. The molecule has 0 saturated heterocycles. The van der Waals surface area contributed by atoms with Gasteiger partial charge in [0.05, 0.1) is 12.6 Å². The molecule has 0 rings (SSSR count). The van der Waals surface area contributed by atoms with E-state index >= 15 is 0 Å². The van der Waals surface area contributed by atoms with Gasteiger partial charge >= 0.3 is 0 Å². The molecular weight excluding hydrogens is 194 g/mol. The third-order valence-corrected chi connectivity index (χ3v) is 2.07. The van der Waals surface area contributed by atoms with Crippen molar-refractivity contribution >= 4 is 11.8 Å². The molecule has 5 nitrogen and oxygen atoms in total. The average molecular weight is 215 g/mol. The highest BCUT2D eigenvalue weighted by molar-refractivity contribution is 5.83. The van der Waals surface area contributed by atoms with Crippen LogP contribution in [0, 0.1) is 0 Å². The molecule has 0 aliphatic heterocycles. The molecule has 3 N–H and O–H groups in total. The molecule has 15 heavy (non-hydrogen) atoms. The highest BCUT2D eigenvalue weighted by atomic mass is 16.2. The zero-order valence-corrected chi connectivity index (χ0v) is 9.72. The number of hydrogen-bond donors (Lipinski definition) is 3. The molecule has 0 spiro atoms. The summed E-state index contributed by atoms with van der Waals surface area (Å²) in [6.45, 7) is 4.67. The zero-order chi connectivity index (χ0) is 11.7. The van der Waals surface area contributed by atoms with Gasteiger partial charge in [-0.3, -0.25) is 14.9 Å². The van der Waals surface area contributed by atoms with Gasteiger partial charge in [0.1, 0.15) is 0 Å². The van der Waals surface area contributed by atoms with Crippen molar-refractivity contribution in [3.05, 3.63) is 0 Å². The van der Waals surface area contributed by atoms with E-state index in [9.17, 15) is 9.59 Å². The first-order chi connectivity index (χ1) is 7.11. The van der Waals surface area contributed by atoms with E-state index in [0.29, 0.717) is 6.54 Å². The standard InChI is InChI=1S/C10H21N3O2/c1-4-5-6-12-10(15)8(2)13-7-9(14)11-3/h8,13H,4-7H2,1-3H3,(H,11,14)(H,12,15). The molecule has 0 aromatic heterocycles. The van der Waals surface area contributed by atoms with Gasteiger partial charge in [0.25, 0.3) is 0 Å². The van der Waals surface area contributed by atoms with Crippen LogP contribution in [-0.2, 0) is 9.59 Å². The smallest absolute Gasteiger partial charge is 0.236 e. The molecule has 0 aromatic carbocycles. The van der Waals surface area contributed by atoms with Gasteiger partial charge in [0.15, 0.2) is 0 Å². The van der Waals surface area contributed by atoms with Crippen LogP contribution in [0.3, 0.4) is 0 Å². The van der Waals surface area contributed by atoms with Crippen molar-refractivity contribution in [3.63, 3.8) is 0 Å². The minimum Gasteiger partial charge on any atom is -0.358 e. The number of rotatable bonds is 7. The molecule has 0 heterocycles. The number of carbonyl (C=O) groups excluding carboxylic acids is 2. The Balaban J connectivity index is 3.64. The number of nitrogens with one attached hydrogen (secondary N) is 3. The first-order valence-electron chi connectivity index (χ1n) is 5.33. The number of hydrogen-bond acceptors (Lipinski definition) is 3. The Hall–Kier alpha value is -1.10. The topological polar surface area (TPSA) is 70.2 Å². The molecule has 0 aliphatic rings. The summed E-state index contributed by atoms with van der Waals surface area (Å²) in [6, 6.07) is -0.334. The summed E-state index contributed by atoms with van der Waals surface area (Å²) in [5, 5.41) is 8.11. The molecule has 0 fully saturated rings. The summed E-state index contributed by atoms with van der Waals surface area (Å²) in [7, 11) is 1.57. The van der Waals surface area contributed by atoms with Crippen molar-refractivity contribution in [2.75, 3.05) is 20.1 Å². The van der Waals surface area contributed by atoms with Gasteiger partial charge in [-0.15, -0.1) is 0 Å². The minimum atomic E-state index is -0.334. The van der Waals surface area contributed by atoms with Gasteiger partial charge in [-0.2, -0.15) is 0 Å². The Kier molecular flexibility index (Phi) is 7.62. The number of carbonyl (C=O) groups is 2. The van der Waals surface area contributed by atoms with Gasteiger partial charge in [0, 0.05) is 13.6 Å². The molecule has 1 atom stereocenters. The third-order valence-electron chi connectivity index (χ3n) is 2.07. The summed E-state index contributed by atoms with van der Waals surface area (Å²) in [4.78, 5) is 22.3. The molecule has 0 radical (unpaired) electrons. The van der Waals surface area contributed by atoms with Gasteiger partial charge < -0.3 is 10.6 Å². The van der Waals surface area contributed by atoms with Crippen LogP contribution >= 0.6 is 0 Å². The largest absolute Gasteiger partial charge is 0.358 e. The Bertz CT molecular complexity index is 207. The highest BCUT2D eigenvalue weighted by Gasteiger charge is 2.11. The Labute approximate surface area is 91.0 Å². The van der Waals surface area contributed by atoms with E-state index in [2.05, 4.69) is 22.9 Å². The van der Waals surface area contributed by atoms with Crippen LogP contribution in [0.5, 0.6) is 0 Å². The first-order valence-corrected chi connectivity index (χ1v) is 5.33. The molecule has 0 aliphatic carbocycles. The van der Waals surface area contributed by atoms with Crippen LogP contribution in [0.15, 0.2) is 0 Å². The minimum absolute atomic E-state index is 0.0626. The Morgan fingerprint density at radius 1 is 1.33 bits per heavy atom.